The summed E-state index contributed by atoms with van der Waals surface area (Å²) in [6.07, 6.45) is 8.29. The summed E-state index contributed by atoms with van der Waals surface area (Å²) in [5, 5.41) is 3.96. The number of benzene rings is 1. The molecule has 0 aromatic heterocycles. The smallest absolute Gasteiger partial charge is 0.0661 e. The molecule has 21 heavy (non-hydrogen) atoms. The highest BCUT2D eigenvalue weighted by Gasteiger charge is 2.56. The van der Waals surface area contributed by atoms with Crippen LogP contribution in [0.4, 0.5) is 0 Å². The quantitative estimate of drug-likeness (QED) is 0.833. The second kappa shape index (κ2) is 6.50. The van der Waals surface area contributed by atoms with Crippen molar-refractivity contribution in [1.82, 2.24) is 5.32 Å². The summed E-state index contributed by atoms with van der Waals surface area (Å²) in [6, 6.07) is 12.0. The third-order valence-corrected chi connectivity index (χ3v) is 5.70. The maximum Gasteiger partial charge on any atom is 0.0661 e. The molecule has 2 saturated carbocycles. The Balaban J connectivity index is 1.69. The molecule has 2 aliphatic carbocycles. The molecule has 0 radical (unpaired) electrons. The van der Waals surface area contributed by atoms with Gasteiger partial charge in [-0.1, -0.05) is 50.1 Å². The standard InChI is InChI=1S/C19H29NO/c1-3-16(15-10-6-5-7-11-15)20-17-14-18(21-4-2)19(17)12-8-9-13-19/h5-7,10-11,16-18,20H,3-4,8-9,12-14H2,1-2H3. The summed E-state index contributed by atoms with van der Waals surface area (Å²) in [4.78, 5) is 0. The van der Waals surface area contributed by atoms with Crippen LogP contribution in [0.5, 0.6) is 0 Å². The maximum atomic E-state index is 6.03. The largest absolute Gasteiger partial charge is 0.378 e. The predicted molar refractivity (Wildman–Crippen MR) is 87.3 cm³/mol. The summed E-state index contributed by atoms with van der Waals surface area (Å²) < 4.78 is 6.03. The highest BCUT2D eigenvalue weighted by molar-refractivity contribution is 5.20. The Morgan fingerprint density at radius 2 is 1.90 bits per heavy atom. The van der Waals surface area contributed by atoms with E-state index in [1.807, 2.05) is 0 Å². The average Bonchev–Trinajstić information content (AvgIpc) is 3.04. The van der Waals surface area contributed by atoms with Gasteiger partial charge in [-0.25, -0.2) is 0 Å². The van der Waals surface area contributed by atoms with Crippen LogP contribution in [0.2, 0.25) is 0 Å². The van der Waals surface area contributed by atoms with Crippen LogP contribution in [-0.4, -0.2) is 18.8 Å². The number of nitrogens with one attached hydrogen (secondary N) is 1. The first-order valence-electron chi connectivity index (χ1n) is 8.72. The van der Waals surface area contributed by atoms with Crippen LogP contribution < -0.4 is 5.32 Å². The van der Waals surface area contributed by atoms with Crippen molar-refractivity contribution in [3.8, 4) is 0 Å². The Hall–Kier alpha value is -0.860. The van der Waals surface area contributed by atoms with Crippen LogP contribution in [-0.2, 0) is 4.74 Å². The molecule has 0 amide bonds. The van der Waals surface area contributed by atoms with E-state index in [1.54, 1.807) is 0 Å². The zero-order chi connectivity index (χ0) is 14.7. The molecule has 3 rings (SSSR count). The lowest BCUT2D eigenvalue weighted by atomic mass is 9.60. The Kier molecular flexibility index (Phi) is 4.66. The first-order valence-corrected chi connectivity index (χ1v) is 8.72. The number of ether oxygens (including phenoxy) is 1. The highest BCUT2D eigenvalue weighted by Crippen LogP contribution is 2.55. The zero-order valence-corrected chi connectivity index (χ0v) is 13.5. The van der Waals surface area contributed by atoms with Crippen LogP contribution in [0, 0.1) is 5.41 Å². The third kappa shape index (κ3) is 2.76. The van der Waals surface area contributed by atoms with Gasteiger partial charge in [0.2, 0.25) is 0 Å². The molecule has 0 aliphatic heterocycles. The van der Waals surface area contributed by atoms with Gasteiger partial charge in [-0.05, 0) is 38.2 Å². The van der Waals surface area contributed by atoms with Gasteiger partial charge in [-0.2, -0.15) is 0 Å². The molecule has 116 valence electrons. The summed E-state index contributed by atoms with van der Waals surface area (Å²) in [5.41, 5.74) is 1.85. The summed E-state index contributed by atoms with van der Waals surface area (Å²) in [7, 11) is 0. The number of hydrogen-bond acceptors (Lipinski definition) is 2. The van der Waals surface area contributed by atoms with Gasteiger partial charge in [0.1, 0.15) is 0 Å². The SMILES string of the molecule is CCOC1CC(NC(CC)c2ccccc2)C12CCCC2. The van der Waals surface area contributed by atoms with Gasteiger partial charge in [0.25, 0.3) is 0 Å². The zero-order valence-electron chi connectivity index (χ0n) is 13.5. The van der Waals surface area contributed by atoms with Gasteiger partial charge < -0.3 is 10.1 Å². The Labute approximate surface area is 129 Å². The van der Waals surface area contributed by atoms with Crippen molar-refractivity contribution in [2.24, 2.45) is 5.41 Å². The van der Waals surface area contributed by atoms with Crippen molar-refractivity contribution < 1.29 is 4.74 Å². The van der Waals surface area contributed by atoms with E-state index in [9.17, 15) is 0 Å². The Bertz CT molecular complexity index is 438. The van der Waals surface area contributed by atoms with Crippen LogP contribution >= 0.6 is 0 Å². The molecule has 1 N–H and O–H groups in total. The minimum absolute atomic E-state index is 0.429. The van der Waals surface area contributed by atoms with Gasteiger partial charge in [0.15, 0.2) is 0 Å². The van der Waals surface area contributed by atoms with Gasteiger partial charge in [-0.15, -0.1) is 0 Å². The summed E-state index contributed by atoms with van der Waals surface area (Å²) in [5.74, 6) is 0. The number of rotatable bonds is 6. The van der Waals surface area contributed by atoms with Gasteiger partial charge in [-0.3, -0.25) is 0 Å². The van der Waals surface area contributed by atoms with E-state index in [0.717, 1.165) is 13.0 Å². The van der Waals surface area contributed by atoms with Crippen LogP contribution in [0.25, 0.3) is 0 Å². The minimum atomic E-state index is 0.429. The van der Waals surface area contributed by atoms with E-state index in [4.69, 9.17) is 4.74 Å². The van der Waals surface area contributed by atoms with E-state index >= 15 is 0 Å². The molecule has 2 fully saturated rings. The van der Waals surface area contributed by atoms with E-state index < -0.39 is 0 Å². The first-order chi connectivity index (χ1) is 10.3. The fourth-order valence-corrected chi connectivity index (χ4v) is 4.50. The van der Waals surface area contributed by atoms with E-state index in [-0.39, 0.29) is 0 Å². The van der Waals surface area contributed by atoms with Gasteiger partial charge >= 0.3 is 0 Å². The highest BCUT2D eigenvalue weighted by atomic mass is 16.5. The normalized spacial score (nSPS) is 28.5. The van der Waals surface area contributed by atoms with Crippen molar-refractivity contribution in [2.45, 2.75) is 70.6 Å². The van der Waals surface area contributed by atoms with Crippen molar-refractivity contribution in [1.29, 1.82) is 0 Å². The molecule has 0 bridgehead atoms. The molecule has 1 aromatic carbocycles. The molecule has 1 aromatic rings. The maximum absolute atomic E-state index is 6.03. The summed E-state index contributed by atoms with van der Waals surface area (Å²) in [6.45, 7) is 5.27. The summed E-state index contributed by atoms with van der Waals surface area (Å²) >= 11 is 0. The molecule has 0 saturated heterocycles. The second-order valence-corrected chi connectivity index (χ2v) is 6.71. The average molecular weight is 287 g/mol. The number of hydrogen-bond donors (Lipinski definition) is 1. The monoisotopic (exact) mass is 287 g/mol. The third-order valence-electron chi connectivity index (χ3n) is 5.70. The molecular weight excluding hydrogens is 258 g/mol. The van der Waals surface area contributed by atoms with Gasteiger partial charge in [0, 0.05) is 24.1 Å². The van der Waals surface area contributed by atoms with Crippen LogP contribution in [0.1, 0.15) is 64.0 Å². The molecule has 2 nitrogen and oxygen atoms in total. The molecule has 0 heterocycles. The van der Waals surface area contributed by atoms with Crippen LogP contribution in [0.15, 0.2) is 30.3 Å². The molecule has 1 spiro atoms. The second-order valence-electron chi connectivity index (χ2n) is 6.71. The molecule has 2 heteroatoms. The fraction of sp³-hybridized carbons (Fsp3) is 0.684. The van der Waals surface area contributed by atoms with Crippen LogP contribution in [0.3, 0.4) is 0 Å². The first kappa shape index (κ1) is 15.1. The lowest BCUT2D eigenvalue weighted by Crippen LogP contribution is -2.63. The topological polar surface area (TPSA) is 21.3 Å². The van der Waals surface area contributed by atoms with Crippen molar-refractivity contribution >= 4 is 0 Å². The minimum Gasteiger partial charge on any atom is -0.378 e. The molecule has 2 aliphatic rings. The predicted octanol–water partition coefficient (Wildman–Crippen LogP) is 4.47. The van der Waals surface area contributed by atoms with E-state index in [1.165, 1.54) is 37.7 Å². The van der Waals surface area contributed by atoms with Crippen molar-refractivity contribution in [2.75, 3.05) is 6.61 Å². The molecular formula is C19H29NO. The lowest BCUT2D eigenvalue weighted by molar-refractivity contribution is -0.132. The van der Waals surface area contributed by atoms with E-state index in [2.05, 4.69) is 49.5 Å². The molecule has 3 unspecified atom stereocenters. The van der Waals surface area contributed by atoms with Crippen molar-refractivity contribution in [3.63, 3.8) is 0 Å². The van der Waals surface area contributed by atoms with Crippen molar-refractivity contribution in [3.05, 3.63) is 35.9 Å². The van der Waals surface area contributed by atoms with E-state index in [0.29, 0.717) is 23.6 Å². The van der Waals surface area contributed by atoms with Gasteiger partial charge in [0.05, 0.1) is 6.10 Å². The Morgan fingerprint density at radius 1 is 1.19 bits per heavy atom. The fourth-order valence-electron chi connectivity index (χ4n) is 4.50. The Morgan fingerprint density at radius 3 is 2.52 bits per heavy atom. The molecule has 3 atom stereocenters. The lowest BCUT2D eigenvalue weighted by Gasteiger charge is -2.55.